The van der Waals surface area contributed by atoms with Crippen molar-refractivity contribution >= 4 is 23.4 Å². The lowest BCUT2D eigenvalue weighted by molar-refractivity contribution is 0.102. The van der Waals surface area contributed by atoms with Crippen molar-refractivity contribution in [3.8, 4) is 5.75 Å². The Morgan fingerprint density at radius 3 is 2.61 bits per heavy atom. The lowest BCUT2D eigenvalue weighted by Crippen LogP contribution is -2.11. The van der Waals surface area contributed by atoms with Gasteiger partial charge in [-0.15, -0.1) is 11.8 Å². The van der Waals surface area contributed by atoms with Crippen molar-refractivity contribution in [2.75, 3.05) is 5.32 Å². The van der Waals surface area contributed by atoms with Crippen LogP contribution >= 0.6 is 11.8 Å². The SMILES string of the molecule is O=C(Nc1cccc(OCc2ccccn2)c1)c1ccc(SCc2cccnc2)cc1. The summed E-state index contributed by atoms with van der Waals surface area (Å²) in [6.07, 6.45) is 5.37. The molecule has 2 heterocycles. The second kappa shape index (κ2) is 10.4. The molecule has 31 heavy (non-hydrogen) atoms. The van der Waals surface area contributed by atoms with Crippen molar-refractivity contribution in [3.05, 3.63) is 114 Å². The minimum absolute atomic E-state index is 0.161. The minimum atomic E-state index is -0.161. The summed E-state index contributed by atoms with van der Waals surface area (Å²) in [5.41, 5.74) is 3.29. The Kier molecular flexibility index (Phi) is 6.92. The van der Waals surface area contributed by atoms with Gasteiger partial charge in [0.1, 0.15) is 12.4 Å². The molecule has 0 spiro atoms. The van der Waals surface area contributed by atoms with E-state index in [1.54, 1.807) is 30.2 Å². The average molecular weight is 428 g/mol. The summed E-state index contributed by atoms with van der Waals surface area (Å²) in [5, 5.41) is 2.92. The van der Waals surface area contributed by atoms with Crippen LogP contribution in [0.1, 0.15) is 21.6 Å². The molecular formula is C25H21N3O2S. The monoisotopic (exact) mass is 427 g/mol. The molecule has 0 fully saturated rings. The first-order chi connectivity index (χ1) is 15.3. The number of ether oxygens (including phenoxy) is 1. The Hall–Kier alpha value is -3.64. The predicted octanol–water partition coefficient (Wildman–Crippen LogP) is 5.60. The van der Waals surface area contributed by atoms with Crippen LogP contribution in [0.5, 0.6) is 5.75 Å². The zero-order valence-electron chi connectivity index (χ0n) is 16.8. The number of hydrogen-bond donors (Lipinski definition) is 1. The molecule has 6 heteroatoms. The van der Waals surface area contributed by atoms with Gasteiger partial charge >= 0.3 is 0 Å². The van der Waals surface area contributed by atoms with E-state index in [4.69, 9.17) is 4.74 Å². The highest BCUT2D eigenvalue weighted by Crippen LogP contribution is 2.23. The maximum atomic E-state index is 12.6. The highest BCUT2D eigenvalue weighted by Gasteiger charge is 2.07. The molecule has 0 aliphatic heterocycles. The molecule has 2 aromatic heterocycles. The Morgan fingerprint density at radius 1 is 0.935 bits per heavy atom. The topological polar surface area (TPSA) is 64.1 Å². The lowest BCUT2D eigenvalue weighted by Gasteiger charge is -2.09. The number of benzene rings is 2. The highest BCUT2D eigenvalue weighted by atomic mass is 32.2. The Labute approximate surface area is 185 Å². The molecule has 0 radical (unpaired) electrons. The van der Waals surface area contributed by atoms with Crippen LogP contribution in [0.15, 0.2) is 102 Å². The van der Waals surface area contributed by atoms with E-state index in [0.29, 0.717) is 23.6 Å². The van der Waals surface area contributed by atoms with Gasteiger partial charge in [0.2, 0.25) is 0 Å². The number of amides is 1. The third-order valence-electron chi connectivity index (χ3n) is 4.45. The molecule has 1 N–H and O–H groups in total. The number of rotatable bonds is 8. The molecule has 0 aliphatic rings. The molecule has 0 atom stereocenters. The Balaban J connectivity index is 1.32. The molecule has 154 valence electrons. The number of thioether (sulfide) groups is 1. The Bertz CT molecular complexity index is 1120. The van der Waals surface area contributed by atoms with Crippen LogP contribution in [0.3, 0.4) is 0 Å². The van der Waals surface area contributed by atoms with Crippen LogP contribution in [-0.4, -0.2) is 15.9 Å². The molecule has 0 saturated heterocycles. The molecular weight excluding hydrogens is 406 g/mol. The summed E-state index contributed by atoms with van der Waals surface area (Å²) in [6, 6.07) is 24.6. The van der Waals surface area contributed by atoms with Crippen LogP contribution in [0.2, 0.25) is 0 Å². The van der Waals surface area contributed by atoms with E-state index < -0.39 is 0 Å². The van der Waals surface area contributed by atoms with Crippen molar-refractivity contribution in [1.29, 1.82) is 0 Å². The summed E-state index contributed by atoms with van der Waals surface area (Å²) < 4.78 is 5.78. The minimum Gasteiger partial charge on any atom is -0.487 e. The number of nitrogens with one attached hydrogen (secondary N) is 1. The van der Waals surface area contributed by atoms with Gasteiger partial charge in [0.05, 0.1) is 5.69 Å². The van der Waals surface area contributed by atoms with Crippen molar-refractivity contribution in [3.63, 3.8) is 0 Å². The van der Waals surface area contributed by atoms with Crippen molar-refractivity contribution in [1.82, 2.24) is 9.97 Å². The van der Waals surface area contributed by atoms with E-state index in [1.165, 1.54) is 5.56 Å². The van der Waals surface area contributed by atoms with Crippen molar-refractivity contribution in [2.24, 2.45) is 0 Å². The first-order valence-corrected chi connectivity index (χ1v) is 10.8. The van der Waals surface area contributed by atoms with Crippen LogP contribution in [0.4, 0.5) is 5.69 Å². The summed E-state index contributed by atoms with van der Waals surface area (Å²) in [5.74, 6) is 1.35. The zero-order chi connectivity index (χ0) is 21.3. The number of carbonyl (C=O) groups is 1. The summed E-state index contributed by atoms with van der Waals surface area (Å²) in [6.45, 7) is 0.371. The summed E-state index contributed by atoms with van der Waals surface area (Å²) >= 11 is 1.71. The number of anilines is 1. The number of carbonyl (C=O) groups excluding carboxylic acids is 1. The zero-order valence-corrected chi connectivity index (χ0v) is 17.6. The molecule has 0 saturated carbocycles. The van der Waals surface area contributed by atoms with Gasteiger partial charge in [0.15, 0.2) is 0 Å². The summed E-state index contributed by atoms with van der Waals surface area (Å²) in [7, 11) is 0. The van der Waals surface area contributed by atoms with Gasteiger partial charge in [-0.25, -0.2) is 0 Å². The van der Waals surface area contributed by atoms with Gasteiger partial charge in [0, 0.05) is 46.6 Å². The maximum Gasteiger partial charge on any atom is 0.255 e. The van der Waals surface area contributed by atoms with E-state index in [-0.39, 0.29) is 5.91 Å². The molecule has 4 aromatic rings. The molecule has 0 bridgehead atoms. The second-order valence-corrected chi connectivity index (χ2v) is 7.81. The maximum absolute atomic E-state index is 12.6. The standard InChI is InChI=1S/C25H21N3O2S/c29-25(20-9-11-24(12-10-20)31-18-19-5-4-13-26-16-19)28-21-7-3-8-23(15-21)30-17-22-6-1-2-14-27-22/h1-16H,17-18H2,(H,28,29). The van der Waals surface area contributed by atoms with Gasteiger partial charge in [-0.05, 0) is 60.2 Å². The van der Waals surface area contributed by atoms with Gasteiger partial charge in [-0.1, -0.05) is 18.2 Å². The van der Waals surface area contributed by atoms with Gasteiger partial charge in [-0.2, -0.15) is 0 Å². The van der Waals surface area contributed by atoms with Gasteiger partial charge in [-0.3, -0.25) is 14.8 Å². The summed E-state index contributed by atoms with van der Waals surface area (Å²) in [4.78, 5) is 22.1. The van der Waals surface area contributed by atoms with Crippen molar-refractivity contribution < 1.29 is 9.53 Å². The van der Waals surface area contributed by atoms with Crippen molar-refractivity contribution in [2.45, 2.75) is 17.3 Å². The van der Waals surface area contributed by atoms with Gasteiger partial charge in [0.25, 0.3) is 5.91 Å². The Morgan fingerprint density at radius 2 is 1.84 bits per heavy atom. The second-order valence-electron chi connectivity index (χ2n) is 6.77. The number of nitrogens with zero attached hydrogens (tertiary/aromatic N) is 2. The normalized spacial score (nSPS) is 10.5. The molecule has 0 aliphatic carbocycles. The van der Waals surface area contributed by atoms with Crippen LogP contribution < -0.4 is 10.1 Å². The van der Waals surface area contributed by atoms with E-state index in [9.17, 15) is 4.79 Å². The molecule has 1 amide bonds. The lowest BCUT2D eigenvalue weighted by atomic mass is 10.2. The molecule has 2 aromatic carbocycles. The highest BCUT2D eigenvalue weighted by molar-refractivity contribution is 7.98. The van der Waals surface area contributed by atoms with E-state index >= 15 is 0 Å². The van der Waals surface area contributed by atoms with E-state index in [1.807, 2.05) is 72.9 Å². The largest absolute Gasteiger partial charge is 0.487 e. The third-order valence-corrected chi connectivity index (χ3v) is 5.53. The van der Waals surface area contributed by atoms with Crippen LogP contribution in [0, 0.1) is 0 Å². The average Bonchev–Trinajstić information content (AvgIpc) is 2.83. The molecule has 0 unspecified atom stereocenters. The first kappa shape index (κ1) is 20.6. The fourth-order valence-electron chi connectivity index (χ4n) is 2.86. The fraction of sp³-hybridized carbons (Fsp3) is 0.0800. The molecule has 5 nitrogen and oxygen atoms in total. The predicted molar refractivity (Wildman–Crippen MR) is 123 cm³/mol. The smallest absolute Gasteiger partial charge is 0.255 e. The molecule has 4 rings (SSSR count). The van der Waals surface area contributed by atoms with E-state index in [0.717, 1.165) is 16.3 Å². The quantitative estimate of drug-likeness (QED) is 0.371. The number of hydrogen-bond acceptors (Lipinski definition) is 5. The fourth-order valence-corrected chi connectivity index (χ4v) is 3.69. The number of pyridine rings is 2. The van der Waals surface area contributed by atoms with E-state index in [2.05, 4.69) is 21.4 Å². The van der Waals surface area contributed by atoms with Crippen LogP contribution in [0.25, 0.3) is 0 Å². The van der Waals surface area contributed by atoms with Gasteiger partial charge < -0.3 is 10.1 Å². The third kappa shape index (κ3) is 6.17. The first-order valence-electron chi connectivity index (χ1n) is 9.82. The number of aromatic nitrogens is 2. The van der Waals surface area contributed by atoms with Crippen LogP contribution in [-0.2, 0) is 12.4 Å².